The number of carbonyl (C=O) groups is 2. The third-order valence-electron chi connectivity index (χ3n) is 2.68. The van der Waals surface area contributed by atoms with Crippen molar-refractivity contribution < 1.29 is 29.3 Å². The summed E-state index contributed by atoms with van der Waals surface area (Å²) in [5, 5.41) is 18.8. The monoisotopic (exact) mass is 318 g/mol. The number of rotatable bonds is 8. The molecule has 2 unspecified atom stereocenters. The molecule has 0 aromatic heterocycles. The van der Waals surface area contributed by atoms with Crippen LogP contribution in [0, 0.1) is 5.92 Å². The minimum absolute atomic E-state index is 0.0390. The van der Waals surface area contributed by atoms with E-state index in [0.29, 0.717) is 19.3 Å². The highest BCUT2D eigenvalue weighted by atomic mass is 16.6. The van der Waals surface area contributed by atoms with Gasteiger partial charge in [0.15, 0.2) is 6.29 Å². The van der Waals surface area contributed by atoms with Crippen molar-refractivity contribution in [3.8, 4) is 0 Å². The SMILES string of the molecule is CC(C)(C)OC(=O)C(CCCCC(=O)O)C(O)OC(C)(C)C. The summed E-state index contributed by atoms with van der Waals surface area (Å²) in [6.45, 7) is 10.6. The fourth-order valence-electron chi connectivity index (χ4n) is 1.84. The maximum absolute atomic E-state index is 12.2. The number of unbranched alkanes of at least 4 members (excludes halogenated alkanes) is 1. The molecule has 0 aliphatic rings. The van der Waals surface area contributed by atoms with Crippen LogP contribution in [0.25, 0.3) is 0 Å². The van der Waals surface area contributed by atoms with Crippen LogP contribution in [0.15, 0.2) is 0 Å². The van der Waals surface area contributed by atoms with E-state index in [1.54, 1.807) is 41.5 Å². The lowest BCUT2D eigenvalue weighted by molar-refractivity contribution is -0.209. The van der Waals surface area contributed by atoms with Gasteiger partial charge in [0.05, 0.1) is 5.60 Å². The molecule has 0 saturated heterocycles. The second-order valence-electron chi connectivity index (χ2n) is 7.40. The lowest BCUT2D eigenvalue weighted by Gasteiger charge is -2.30. The Kier molecular flexibility index (Phi) is 8.04. The molecule has 0 aromatic rings. The van der Waals surface area contributed by atoms with Gasteiger partial charge in [0, 0.05) is 6.42 Å². The highest BCUT2D eigenvalue weighted by molar-refractivity contribution is 5.73. The first-order chi connectivity index (χ1) is 9.82. The van der Waals surface area contributed by atoms with E-state index in [0.717, 1.165) is 0 Å². The van der Waals surface area contributed by atoms with E-state index in [9.17, 15) is 14.7 Å². The van der Waals surface area contributed by atoms with Gasteiger partial charge in [-0.05, 0) is 54.4 Å². The molecule has 2 N–H and O–H groups in total. The van der Waals surface area contributed by atoms with Crippen LogP contribution < -0.4 is 0 Å². The van der Waals surface area contributed by atoms with Crippen molar-refractivity contribution in [2.75, 3.05) is 0 Å². The van der Waals surface area contributed by atoms with Crippen molar-refractivity contribution in [2.45, 2.75) is 84.7 Å². The van der Waals surface area contributed by atoms with Crippen molar-refractivity contribution in [1.29, 1.82) is 0 Å². The summed E-state index contributed by atoms with van der Waals surface area (Å²) >= 11 is 0. The first kappa shape index (κ1) is 20.9. The molecule has 0 saturated carbocycles. The largest absolute Gasteiger partial charge is 0.481 e. The van der Waals surface area contributed by atoms with Crippen LogP contribution in [0.4, 0.5) is 0 Å². The maximum atomic E-state index is 12.2. The summed E-state index contributed by atoms with van der Waals surface area (Å²) in [6, 6.07) is 0. The lowest BCUT2D eigenvalue weighted by atomic mass is 9.99. The Bertz CT molecular complexity index is 364. The molecule has 0 bridgehead atoms. The summed E-state index contributed by atoms with van der Waals surface area (Å²) in [4.78, 5) is 22.8. The van der Waals surface area contributed by atoms with Crippen LogP contribution >= 0.6 is 0 Å². The minimum atomic E-state index is -1.28. The molecular weight excluding hydrogens is 288 g/mol. The Morgan fingerprint density at radius 1 is 1.00 bits per heavy atom. The number of carbonyl (C=O) groups excluding carboxylic acids is 1. The number of ether oxygens (including phenoxy) is 2. The number of aliphatic hydroxyl groups is 1. The van der Waals surface area contributed by atoms with Crippen molar-refractivity contribution in [3.05, 3.63) is 0 Å². The van der Waals surface area contributed by atoms with E-state index in [1.807, 2.05) is 0 Å². The summed E-state index contributed by atoms with van der Waals surface area (Å²) in [5.41, 5.74) is -1.25. The summed E-state index contributed by atoms with van der Waals surface area (Å²) in [6.07, 6.45) is 0.0219. The van der Waals surface area contributed by atoms with Gasteiger partial charge < -0.3 is 19.7 Å². The molecule has 6 nitrogen and oxygen atoms in total. The van der Waals surface area contributed by atoms with E-state index in [4.69, 9.17) is 14.6 Å². The topological polar surface area (TPSA) is 93.1 Å². The van der Waals surface area contributed by atoms with E-state index < -0.39 is 35.3 Å². The highest BCUT2D eigenvalue weighted by Crippen LogP contribution is 2.23. The van der Waals surface area contributed by atoms with Gasteiger partial charge in [-0.15, -0.1) is 0 Å². The van der Waals surface area contributed by atoms with Crippen molar-refractivity contribution >= 4 is 11.9 Å². The molecule has 0 spiro atoms. The third-order valence-corrected chi connectivity index (χ3v) is 2.68. The van der Waals surface area contributed by atoms with Crippen molar-refractivity contribution in [1.82, 2.24) is 0 Å². The molecule has 0 aliphatic carbocycles. The molecule has 0 aliphatic heterocycles. The minimum Gasteiger partial charge on any atom is -0.481 e. The fraction of sp³-hybridized carbons (Fsp3) is 0.875. The van der Waals surface area contributed by atoms with Crippen LogP contribution in [0.3, 0.4) is 0 Å². The fourth-order valence-corrected chi connectivity index (χ4v) is 1.84. The number of esters is 1. The Morgan fingerprint density at radius 3 is 1.95 bits per heavy atom. The van der Waals surface area contributed by atoms with Gasteiger partial charge in [-0.2, -0.15) is 0 Å². The van der Waals surface area contributed by atoms with Gasteiger partial charge in [0.1, 0.15) is 11.5 Å². The van der Waals surface area contributed by atoms with Gasteiger partial charge in [-0.3, -0.25) is 9.59 Å². The normalized spacial score (nSPS) is 15.2. The molecular formula is C16H30O6. The maximum Gasteiger partial charge on any atom is 0.314 e. The van der Waals surface area contributed by atoms with E-state index >= 15 is 0 Å². The molecule has 0 amide bonds. The number of aliphatic carboxylic acids is 1. The van der Waals surface area contributed by atoms with Crippen LogP contribution in [0.2, 0.25) is 0 Å². The van der Waals surface area contributed by atoms with E-state index in [2.05, 4.69) is 0 Å². The average Bonchev–Trinajstić information content (AvgIpc) is 2.22. The van der Waals surface area contributed by atoms with E-state index in [-0.39, 0.29) is 6.42 Å². The van der Waals surface area contributed by atoms with Gasteiger partial charge in [0.2, 0.25) is 0 Å². The number of hydrogen-bond acceptors (Lipinski definition) is 5. The van der Waals surface area contributed by atoms with Crippen molar-refractivity contribution in [3.63, 3.8) is 0 Å². The smallest absolute Gasteiger partial charge is 0.314 e. The van der Waals surface area contributed by atoms with Crippen LogP contribution in [0.5, 0.6) is 0 Å². The molecule has 22 heavy (non-hydrogen) atoms. The summed E-state index contributed by atoms with van der Waals surface area (Å²) in [7, 11) is 0. The van der Waals surface area contributed by atoms with Gasteiger partial charge >= 0.3 is 11.9 Å². The quantitative estimate of drug-likeness (QED) is 0.406. The molecule has 0 heterocycles. The average molecular weight is 318 g/mol. The molecule has 2 atom stereocenters. The number of carboxylic acid groups (broad SMARTS) is 1. The van der Waals surface area contributed by atoms with Gasteiger partial charge in [-0.25, -0.2) is 0 Å². The Hall–Kier alpha value is -1.14. The summed E-state index contributed by atoms with van der Waals surface area (Å²) in [5.74, 6) is -2.23. The highest BCUT2D eigenvalue weighted by Gasteiger charge is 2.33. The molecule has 0 radical (unpaired) electrons. The second-order valence-corrected chi connectivity index (χ2v) is 7.40. The van der Waals surface area contributed by atoms with Gasteiger partial charge in [-0.1, -0.05) is 6.42 Å². The van der Waals surface area contributed by atoms with Crippen molar-refractivity contribution in [2.24, 2.45) is 5.92 Å². The Morgan fingerprint density at radius 2 is 1.55 bits per heavy atom. The Labute approximate surface area is 132 Å². The van der Waals surface area contributed by atoms with Crippen LogP contribution in [0.1, 0.15) is 67.2 Å². The number of aliphatic hydroxyl groups excluding tert-OH is 1. The van der Waals surface area contributed by atoms with Crippen LogP contribution in [-0.4, -0.2) is 39.6 Å². The zero-order valence-corrected chi connectivity index (χ0v) is 14.5. The molecule has 130 valence electrons. The number of hydrogen-bond donors (Lipinski definition) is 2. The molecule has 6 heteroatoms. The lowest BCUT2D eigenvalue weighted by Crippen LogP contribution is -2.39. The molecule has 0 aromatic carbocycles. The zero-order valence-electron chi connectivity index (χ0n) is 14.5. The molecule has 0 fully saturated rings. The zero-order chi connectivity index (χ0) is 17.6. The predicted octanol–water partition coefficient (Wildman–Crippen LogP) is 2.72. The standard InChI is InChI=1S/C16H30O6/c1-15(2,3)21-13(19)11(9-7-8-10-12(17)18)14(20)22-16(4,5)6/h11,13,19H,7-10H2,1-6H3,(H,17,18). The Balaban J connectivity index is 4.75. The van der Waals surface area contributed by atoms with Crippen LogP contribution in [-0.2, 0) is 19.1 Å². The second kappa shape index (κ2) is 8.48. The predicted molar refractivity (Wildman–Crippen MR) is 82.3 cm³/mol. The molecule has 0 rings (SSSR count). The summed E-state index contributed by atoms with van der Waals surface area (Å²) < 4.78 is 10.8. The first-order valence-electron chi connectivity index (χ1n) is 7.62. The van der Waals surface area contributed by atoms with E-state index in [1.165, 1.54) is 0 Å². The first-order valence-corrected chi connectivity index (χ1v) is 7.62. The van der Waals surface area contributed by atoms with Gasteiger partial charge in [0.25, 0.3) is 0 Å². The third kappa shape index (κ3) is 10.6. The number of carboxylic acids is 1.